The number of rotatable bonds is 4. The molecule has 5 rings (SSSR count). The number of ether oxygens (including phenoxy) is 1. The van der Waals surface area contributed by atoms with E-state index >= 15 is 0 Å². The highest BCUT2D eigenvalue weighted by Gasteiger charge is 2.45. The van der Waals surface area contributed by atoms with Gasteiger partial charge in [0.2, 0.25) is 17.5 Å². The first-order valence-corrected chi connectivity index (χ1v) is 10.5. The highest BCUT2D eigenvalue weighted by Crippen LogP contribution is 2.38. The second kappa shape index (κ2) is 6.74. The summed E-state index contributed by atoms with van der Waals surface area (Å²) in [5.41, 5.74) is 1.50. The minimum absolute atomic E-state index is 0.132. The molecule has 0 spiro atoms. The number of fused-ring (bicyclic) bond motifs is 3. The van der Waals surface area contributed by atoms with E-state index in [1.807, 2.05) is 24.4 Å². The van der Waals surface area contributed by atoms with Crippen molar-refractivity contribution < 1.29 is 9.53 Å². The smallest absolute Gasteiger partial charge is 0.243 e. The van der Waals surface area contributed by atoms with Crippen molar-refractivity contribution in [3.05, 3.63) is 70.9 Å². The van der Waals surface area contributed by atoms with Gasteiger partial charge >= 0.3 is 0 Å². The lowest BCUT2D eigenvalue weighted by atomic mass is 10.2. The Morgan fingerprint density at radius 3 is 2.28 bits per heavy atom. The molecule has 0 saturated carbocycles. The van der Waals surface area contributed by atoms with Crippen LogP contribution in [0.3, 0.4) is 0 Å². The van der Waals surface area contributed by atoms with Crippen LogP contribution in [0.15, 0.2) is 71.1 Å². The van der Waals surface area contributed by atoms with E-state index < -0.39 is 5.72 Å². The number of aromatic nitrogens is 1. The lowest BCUT2D eigenvalue weighted by molar-refractivity contribution is -0.145. The molecule has 2 aromatic carbocycles. The lowest BCUT2D eigenvalue weighted by Gasteiger charge is -2.29. The van der Waals surface area contributed by atoms with Gasteiger partial charge in [0.15, 0.2) is 0 Å². The van der Waals surface area contributed by atoms with Crippen molar-refractivity contribution in [2.24, 2.45) is 5.10 Å². The van der Waals surface area contributed by atoms with Crippen molar-refractivity contribution in [2.75, 3.05) is 0 Å². The Morgan fingerprint density at radius 2 is 1.69 bits per heavy atom. The molecule has 0 fully saturated rings. The summed E-state index contributed by atoms with van der Waals surface area (Å²) < 4.78 is 8.54. The quantitative estimate of drug-likeness (QED) is 0.463. The molecular formula is C23H21N3O2S. The second-order valence-electron chi connectivity index (χ2n) is 7.32. The Kier molecular flexibility index (Phi) is 4.17. The Hall–Kier alpha value is -3.12. The van der Waals surface area contributed by atoms with Crippen molar-refractivity contribution in [2.45, 2.75) is 32.5 Å². The molecular weight excluding hydrogens is 382 g/mol. The predicted molar refractivity (Wildman–Crippen MR) is 117 cm³/mol. The molecule has 146 valence electrons. The summed E-state index contributed by atoms with van der Waals surface area (Å²) >= 11 is 1.56. The van der Waals surface area contributed by atoms with Crippen molar-refractivity contribution in [1.82, 2.24) is 9.58 Å². The minimum Gasteiger partial charge on any atom is -0.446 e. The van der Waals surface area contributed by atoms with E-state index in [0.717, 1.165) is 11.4 Å². The Bertz CT molecular complexity index is 1190. The van der Waals surface area contributed by atoms with Crippen molar-refractivity contribution >= 4 is 44.9 Å². The Labute approximate surface area is 172 Å². The van der Waals surface area contributed by atoms with Crippen molar-refractivity contribution in [3.8, 4) is 0 Å². The van der Waals surface area contributed by atoms with Crippen LogP contribution in [0.5, 0.6) is 0 Å². The molecule has 0 bridgehead atoms. The molecule has 0 saturated heterocycles. The van der Waals surface area contributed by atoms with E-state index in [1.54, 1.807) is 11.3 Å². The van der Waals surface area contributed by atoms with E-state index in [0.29, 0.717) is 12.3 Å². The van der Waals surface area contributed by atoms with E-state index in [4.69, 9.17) is 4.74 Å². The van der Waals surface area contributed by atoms with Gasteiger partial charge in [-0.15, -0.1) is 16.4 Å². The number of aryl methyl sites for hydroxylation is 1. The summed E-state index contributed by atoms with van der Waals surface area (Å²) in [5, 5.41) is 10.5. The highest BCUT2D eigenvalue weighted by molar-refractivity contribution is 7.10. The fraction of sp³-hybridized carbons (Fsp3) is 0.217. The summed E-state index contributed by atoms with van der Waals surface area (Å²) in [4.78, 5) is 13.2. The van der Waals surface area contributed by atoms with Gasteiger partial charge in [-0.2, -0.15) is 5.01 Å². The number of carbonyl (C=O) groups excluding carboxylic acids is 1. The van der Waals surface area contributed by atoms with Crippen LogP contribution in [0.4, 0.5) is 0 Å². The summed E-state index contributed by atoms with van der Waals surface area (Å²) in [5.74, 6) is 0.450. The van der Waals surface area contributed by atoms with Crippen molar-refractivity contribution in [1.29, 1.82) is 0 Å². The third-order valence-corrected chi connectivity index (χ3v) is 6.50. The zero-order chi connectivity index (χ0) is 20.0. The monoisotopic (exact) mass is 403 g/mol. The predicted octanol–water partition coefficient (Wildman–Crippen LogP) is 5.31. The fourth-order valence-electron chi connectivity index (χ4n) is 4.12. The van der Waals surface area contributed by atoms with Crippen molar-refractivity contribution in [3.63, 3.8) is 0 Å². The molecule has 1 unspecified atom stereocenters. The molecule has 1 aliphatic heterocycles. The third kappa shape index (κ3) is 2.83. The van der Waals surface area contributed by atoms with E-state index in [9.17, 15) is 4.79 Å². The van der Waals surface area contributed by atoms with Gasteiger partial charge in [0.05, 0.1) is 4.88 Å². The number of carbonyl (C=O) groups is 1. The maximum absolute atomic E-state index is 12.2. The maximum atomic E-state index is 12.2. The van der Waals surface area contributed by atoms with Crippen LogP contribution in [0.2, 0.25) is 0 Å². The zero-order valence-corrected chi connectivity index (χ0v) is 17.1. The molecule has 29 heavy (non-hydrogen) atoms. The third-order valence-electron chi connectivity index (χ3n) is 5.44. The van der Waals surface area contributed by atoms with Crippen LogP contribution in [-0.2, 0) is 21.8 Å². The van der Waals surface area contributed by atoms with Crippen LogP contribution in [0.1, 0.15) is 25.1 Å². The van der Waals surface area contributed by atoms with Gasteiger partial charge in [-0.3, -0.25) is 4.79 Å². The average Bonchev–Trinajstić information content (AvgIpc) is 3.44. The Morgan fingerprint density at radius 1 is 1.03 bits per heavy atom. The first-order chi connectivity index (χ1) is 14.1. The molecule has 5 nitrogen and oxygen atoms in total. The van der Waals surface area contributed by atoms with Crippen LogP contribution < -0.4 is 0 Å². The highest BCUT2D eigenvalue weighted by atomic mass is 32.1. The van der Waals surface area contributed by atoms with E-state index in [2.05, 4.69) is 58.2 Å². The van der Waals surface area contributed by atoms with Crippen LogP contribution >= 0.6 is 11.3 Å². The van der Waals surface area contributed by atoms with Gasteiger partial charge in [0, 0.05) is 48.6 Å². The number of thiophene rings is 1. The minimum atomic E-state index is -0.879. The van der Waals surface area contributed by atoms with E-state index in [-0.39, 0.29) is 5.91 Å². The van der Waals surface area contributed by atoms with Gasteiger partial charge < -0.3 is 9.30 Å². The number of hydrogen-bond donors (Lipinski definition) is 0. The number of para-hydroxylation sites is 2. The standard InChI is InChI=1S/C23H21N3O2S/c1-16(27)26-23(2,21-12-7-15-29-21)28-22(24-26)13-14-25-19-10-5-3-8-17(19)18-9-4-6-11-20(18)25/h3-12,15H,13-14H2,1-2H3. The summed E-state index contributed by atoms with van der Waals surface area (Å²) in [6.45, 7) is 4.14. The molecule has 0 N–H and O–H groups in total. The molecule has 0 aliphatic carbocycles. The topological polar surface area (TPSA) is 46.8 Å². The summed E-state index contributed by atoms with van der Waals surface area (Å²) in [6, 6.07) is 20.8. The number of nitrogens with zero attached hydrogens (tertiary/aromatic N) is 3. The second-order valence-corrected chi connectivity index (χ2v) is 8.27. The average molecular weight is 404 g/mol. The van der Waals surface area contributed by atoms with Crippen LogP contribution in [-0.4, -0.2) is 21.4 Å². The van der Waals surface area contributed by atoms with Gasteiger partial charge in [-0.1, -0.05) is 42.5 Å². The normalized spacial score (nSPS) is 19.0. The zero-order valence-electron chi connectivity index (χ0n) is 16.3. The van der Waals surface area contributed by atoms with Crippen LogP contribution in [0, 0.1) is 0 Å². The molecule has 6 heteroatoms. The first-order valence-electron chi connectivity index (χ1n) is 9.65. The number of amides is 1. The van der Waals surface area contributed by atoms with Gasteiger partial charge in [-0.05, 0) is 23.6 Å². The molecule has 1 aliphatic rings. The van der Waals surface area contributed by atoms with Gasteiger partial charge in [0.25, 0.3) is 0 Å². The molecule has 1 amide bonds. The molecule has 1 atom stereocenters. The maximum Gasteiger partial charge on any atom is 0.243 e. The molecule has 0 radical (unpaired) electrons. The van der Waals surface area contributed by atoms with E-state index in [1.165, 1.54) is 33.7 Å². The van der Waals surface area contributed by atoms with Crippen LogP contribution in [0.25, 0.3) is 21.8 Å². The lowest BCUT2D eigenvalue weighted by Crippen LogP contribution is -2.40. The number of benzene rings is 2. The summed E-state index contributed by atoms with van der Waals surface area (Å²) in [7, 11) is 0. The molecule has 3 heterocycles. The van der Waals surface area contributed by atoms with Gasteiger partial charge in [0.1, 0.15) is 0 Å². The van der Waals surface area contributed by atoms with Gasteiger partial charge in [-0.25, -0.2) is 0 Å². The SMILES string of the molecule is CC(=O)N1N=C(CCn2c3ccccc3c3ccccc32)OC1(C)c1cccs1. The first kappa shape index (κ1) is 17.9. The molecule has 4 aromatic rings. The summed E-state index contributed by atoms with van der Waals surface area (Å²) in [6.07, 6.45) is 0.605. The number of hydrazone groups is 1. The fourth-order valence-corrected chi connectivity index (χ4v) is 4.93. The Balaban J connectivity index is 1.48. The largest absolute Gasteiger partial charge is 0.446 e. The number of hydrogen-bond acceptors (Lipinski definition) is 4. The molecule has 2 aromatic heterocycles.